The Balaban J connectivity index is 2.06. The van der Waals surface area contributed by atoms with E-state index >= 15 is 0 Å². The molecule has 0 spiro atoms. The summed E-state index contributed by atoms with van der Waals surface area (Å²) in [5.41, 5.74) is 2.38. The maximum absolute atomic E-state index is 9.49. The molecule has 1 atom stereocenters. The second kappa shape index (κ2) is 6.68. The molecular weight excluding hydrogens is 246 g/mol. The number of aromatic nitrogens is 2. The fraction of sp³-hybridized carbons (Fsp3) is 0.462. The molecule has 4 nitrogen and oxygen atoms in total. The summed E-state index contributed by atoms with van der Waals surface area (Å²) >= 11 is 1.71. The van der Waals surface area contributed by atoms with Gasteiger partial charge in [-0.3, -0.25) is 4.90 Å². The molecule has 0 bridgehead atoms. The summed E-state index contributed by atoms with van der Waals surface area (Å²) in [6.45, 7) is 3.94. The number of H-pyrrole nitrogens is 1. The number of aromatic amines is 1. The van der Waals surface area contributed by atoms with Gasteiger partial charge in [0, 0.05) is 31.0 Å². The molecule has 18 heavy (non-hydrogen) atoms. The summed E-state index contributed by atoms with van der Waals surface area (Å²) in [7, 11) is 0. The Morgan fingerprint density at radius 3 is 2.94 bits per heavy atom. The van der Waals surface area contributed by atoms with Crippen LogP contribution in [0.2, 0.25) is 0 Å². The van der Waals surface area contributed by atoms with Crippen LogP contribution >= 0.6 is 11.3 Å². The molecule has 2 aromatic heterocycles. The molecule has 0 amide bonds. The third-order valence-corrected chi connectivity index (χ3v) is 3.82. The normalized spacial score (nSPS) is 13.1. The van der Waals surface area contributed by atoms with E-state index in [1.807, 2.05) is 6.20 Å². The number of hydrogen-bond acceptors (Lipinski definition) is 4. The van der Waals surface area contributed by atoms with Crippen molar-refractivity contribution in [3.63, 3.8) is 0 Å². The predicted molar refractivity (Wildman–Crippen MR) is 73.3 cm³/mol. The number of nitrogens with one attached hydrogen (secondary N) is 1. The highest BCUT2D eigenvalue weighted by Crippen LogP contribution is 2.15. The van der Waals surface area contributed by atoms with Crippen LogP contribution in [0.3, 0.4) is 0 Å². The zero-order valence-corrected chi connectivity index (χ0v) is 11.4. The van der Waals surface area contributed by atoms with E-state index in [-0.39, 0.29) is 12.6 Å². The molecule has 0 unspecified atom stereocenters. The van der Waals surface area contributed by atoms with Gasteiger partial charge in [0.15, 0.2) is 0 Å². The number of thiophene rings is 1. The van der Waals surface area contributed by atoms with E-state index in [4.69, 9.17) is 0 Å². The highest BCUT2D eigenvalue weighted by molar-refractivity contribution is 7.07. The zero-order chi connectivity index (χ0) is 12.8. The molecule has 0 aliphatic carbocycles. The van der Waals surface area contributed by atoms with Crippen LogP contribution in [0, 0.1) is 0 Å². The molecule has 5 heteroatoms. The third kappa shape index (κ3) is 3.41. The molecule has 0 aliphatic heterocycles. The minimum Gasteiger partial charge on any atom is -0.395 e. The lowest BCUT2D eigenvalue weighted by atomic mass is 10.1. The van der Waals surface area contributed by atoms with Crippen molar-refractivity contribution in [3.8, 4) is 0 Å². The van der Waals surface area contributed by atoms with Gasteiger partial charge in [0.1, 0.15) is 0 Å². The maximum Gasteiger partial charge on any atom is 0.0922 e. The average molecular weight is 265 g/mol. The Labute approximate surface area is 111 Å². The topological polar surface area (TPSA) is 52.1 Å². The quantitative estimate of drug-likeness (QED) is 0.807. The fourth-order valence-corrected chi connectivity index (χ4v) is 2.68. The van der Waals surface area contributed by atoms with Crippen LogP contribution in [0.25, 0.3) is 0 Å². The Morgan fingerprint density at radius 1 is 1.50 bits per heavy atom. The first-order valence-corrected chi connectivity index (χ1v) is 7.11. The van der Waals surface area contributed by atoms with Crippen molar-refractivity contribution < 1.29 is 5.11 Å². The predicted octanol–water partition coefficient (Wildman–Crippen LogP) is 2.24. The molecule has 0 fully saturated rings. The second-order valence-corrected chi connectivity index (χ2v) is 5.14. The van der Waals surface area contributed by atoms with E-state index in [9.17, 15) is 5.11 Å². The van der Waals surface area contributed by atoms with E-state index in [1.165, 1.54) is 5.56 Å². The number of hydrogen-bond donors (Lipinski definition) is 2. The van der Waals surface area contributed by atoms with Crippen LogP contribution in [-0.2, 0) is 13.1 Å². The lowest BCUT2D eigenvalue weighted by molar-refractivity contribution is 0.106. The molecule has 2 aromatic rings. The first-order chi connectivity index (χ1) is 8.83. The summed E-state index contributed by atoms with van der Waals surface area (Å²) in [5, 5.41) is 13.7. The molecular formula is C13H19N3OS. The summed E-state index contributed by atoms with van der Waals surface area (Å²) in [4.78, 5) is 9.45. The van der Waals surface area contributed by atoms with Crippen LogP contribution in [-0.4, -0.2) is 32.6 Å². The molecule has 0 aliphatic rings. The number of imidazole rings is 1. The molecule has 2 N–H and O–H groups in total. The van der Waals surface area contributed by atoms with Gasteiger partial charge in [-0.25, -0.2) is 4.98 Å². The largest absolute Gasteiger partial charge is 0.395 e. The molecule has 0 saturated heterocycles. The van der Waals surface area contributed by atoms with Gasteiger partial charge in [-0.2, -0.15) is 11.3 Å². The summed E-state index contributed by atoms with van der Waals surface area (Å²) in [6, 6.07) is 2.32. The van der Waals surface area contributed by atoms with Gasteiger partial charge in [-0.1, -0.05) is 6.92 Å². The van der Waals surface area contributed by atoms with E-state index in [0.717, 1.165) is 25.2 Å². The Hall–Kier alpha value is -1.17. The highest BCUT2D eigenvalue weighted by Gasteiger charge is 2.17. The minimum atomic E-state index is 0.188. The average Bonchev–Trinajstić information content (AvgIpc) is 3.03. The van der Waals surface area contributed by atoms with Gasteiger partial charge >= 0.3 is 0 Å². The minimum absolute atomic E-state index is 0.188. The monoisotopic (exact) mass is 265 g/mol. The van der Waals surface area contributed by atoms with Crippen molar-refractivity contribution in [2.24, 2.45) is 0 Å². The van der Waals surface area contributed by atoms with Crippen molar-refractivity contribution in [2.75, 3.05) is 6.61 Å². The van der Waals surface area contributed by atoms with Crippen LogP contribution in [0.1, 0.15) is 24.6 Å². The zero-order valence-electron chi connectivity index (χ0n) is 10.5. The Bertz CT molecular complexity index is 387. The third-order valence-electron chi connectivity index (χ3n) is 3.09. The number of aliphatic hydroxyl groups is 1. The summed E-state index contributed by atoms with van der Waals surface area (Å²) in [5.74, 6) is 0. The van der Waals surface area contributed by atoms with Crippen molar-refractivity contribution in [3.05, 3.63) is 40.6 Å². The van der Waals surface area contributed by atoms with E-state index in [0.29, 0.717) is 0 Å². The smallest absolute Gasteiger partial charge is 0.0922 e. The number of aliphatic hydroxyl groups excluding tert-OH is 1. The molecule has 98 valence electrons. The summed E-state index contributed by atoms with van der Waals surface area (Å²) < 4.78 is 0. The fourth-order valence-electron chi connectivity index (χ4n) is 2.02. The maximum atomic E-state index is 9.49. The van der Waals surface area contributed by atoms with Gasteiger partial charge in [0.2, 0.25) is 0 Å². The number of rotatable bonds is 7. The van der Waals surface area contributed by atoms with Crippen molar-refractivity contribution in [1.29, 1.82) is 0 Å². The van der Waals surface area contributed by atoms with Crippen LogP contribution in [0.5, 0.6) is 0 Å². The van der Waals surface area contributed by atoms with Gasteiger partial charge in [0.05, 0.1) is 12.9 Å². The SMILES string of the molecule is CC[C@H](CO)N(Cc1ccsc1)Cc1cnc[nH]1. The molecule has 0 aromatic carbocycles. The molecule has 2 heterocycles. The first kappa shape index (κ1) is 13.3. The summed E-state index contributed by atoms with van der Waals surface area (Å²) in [6.07, 6.45) is 4.47. The van der Waals surface area contributed by atoms with Gasteiger partial charge < -0.3 is 10.1 Å². The standard InChI is InChI=1S/C13H19N3OS/c1-2-13(8-17)16(6-11-3-4-18-9-11)7-12-5-14-10-15-12/h3-5,9-10,13,17H,2,6-8H2,1H3,(H,14,15)/t13-/m1/s1. The van der Waals surface area contributed by atoms with Crippen molar-refractivity contribution >= 4 is 11.3 Å². The molecule has 2 rings (SSSR count). The highest BCUT2D eigenvalue weighted by atomic mass is 32.1. The number of nitrogens with zero attached hydrogens (tertiary/aromatic N) is 2. The van der Waals surface area contributed by atoms with Gasteiger partial charge in [-0.05, 0) is 28.8 Å². The lowest BCUT2D eigenvalue weighted by Crippen LogP contribution is -2.36. The molecule has 0 radical (unpaired) electrons. The van der Waals surface area contributed by atoms with E-state index in [2.05, 4.69) is 38.6 Å². The van der Waals surface area contributed by atoms with Crippen LogP contribution < -0.4 is 0 Å². The molecule has 0 saturated carbocycles. The van der Waals surface area contributed by atoms with Crippen molar-refractivity contribution in [2.45, 2.75) is 32.5 Å². The van der Waals surface area contributed by atoms with Gasteiger partial charge in [-0.15, -0.1) is 0 Å². The van der Waals surface area contributed by atoms with E-state index in [1.54, 1.807) is 17.7 Å². The van der Waals surface area contributed by atoms with Crippen molar-refractivity contribution in [1.82, 2.24) is 14.9 Å². The Kier molecular flexibility index (Phi) is 4.92. The van der Waals surface area contributed by atoms with Gasteiger partial charge in [0.25, 0.3) is 0 Å². The van der Waals surface area contributed by atoms with Crippen LogP contribution in [0.15, 0.2) is 29.4 Å². The van der Waals surface area contributed by atoms with Crippen LogP contribution in [0.4, 0.5) is 0 Å². The second-order valence-electron chi connectivity index (χ2n) is 4.36. The first-order valence-electron chi connectivity index (χ1n) is 6.16. The Morgan fingerprint density at radius 2 is 2.39 bits per heavy atom. The van der Waals surface area contributed by atoms with E-state index < -0.39 is 0 Å². The lowest BCUT2D eigenvalue weighted by Gasteiger charge is -2.29.